The number of nitrogens with one attached hydrogen (secondary N) is 1. The number of carbonyl (C=O) groups is 1. The molecule has 0 aliphatic carbocycles. The number of nitrogens with zero attached hydrogens (tertiary/aromatic N) is 2. The summed E-state index contributed by atoms with van der Waals surface area (Å²) in [6.07, 6.45) is -5.07. The first-order valence-electron chi connectivity index (χ1n) is 7.02. The Morgan fingerprint density at radius 1 is 1.39 bits per heavy atom. The Balaban J connectivity index is 2.03. The maximum Gasteiger partial charge on any atom is 0.433 e. The van der Waals surface area contributed by atoms with E-state index in [9.17, 15) is 22.4 Å². The molecule has 128 valence electrons. The third-order valence-corrected chi connectivity index (χ3v) is 4.51. The Morgan fingerprint density at radius 3 is 2.65 bits per heavy atom. The Hall–Kier alpha value is -1.35. The van der Waals surface area contributed by atoms with Gasteiger partial charge in [-0.1, -0.05) is 18.0 Å². The van der Waals surface area contributed by atoms with Gasteiger partial charge in [0.2, 0.25) is 5.91 Å². The zero-order valence-corrected chi connectivity index (χ0v) is 13.5. The first-order valence-corrected chi connectivity index (χ1v) is 7.79. The van der Waals surface area contributed by atoms with Crippen LogP contribution in [0.1, 0.15) is 26.0 Å². The Bertz CT molecular complexity index is 579. The summed E-state index contributed by atoms with van der Waals surface area (Å²) in [6.45, 7) is 4.03. The average Bonchev–Trinajstić information content (AvgIpc) is 2.82. The molecular formula is C14H17F4N3OS. The molecule has 1 aromatic heterocycles. The number of aromatic nitrogens is 1. The van der Waals surface area contributed by atoms with E-state index in [1.165, 1.54) is 24.1 Å². The fourth-order valence-corrected chi connectivity index (χ4v) is 3.28. The van der Waals surface area contributed by atoms with E-state index in [4.69, 9.17) is 0 Å². The lowest BCUT2D eigenvalue weighted by atomic mass is 10.2. The van der Waals surface area contributed by atoms with Gasteiger partial charge < -0.3 is 5.32 Å². The molecule has 1 aliphatic rings. The standard InChI is InChI=1S/C14H17F4N3OS/c1-13(2,23-21-7-6-9(15)8-21)12(22)20-11-5-3-4-10(19-11)14(16,17)18/h3-5,9H,6-8H2,1-2H3,(H,19,20,22)/t9-/m1/s1. The molecular weight excluding hydrogens is 334 g/mol. The summed E-state index contributed by atoms with van der Waals surface area (Å²) >= 11 is 1.18. The number of amides is 1. The van der Waals surface area contributed by atoms with Crippen molar-refractivity contribution in [2.24, 2.45) is 0 Å². The summed E-state index contributed by atoms with van der Waals surface area (Å²) < 4.78 is 51.9. The van der Waals surface area contributed by atoms with Gasteiger partial charge in [0.05, 0.1) is 0 Å². The van der Waals surface area contributed by atoms with Crippen LogP contribution in [0, 0.1) is 0 Å². The number of carbonyl (C=O) groups excluding carboxylic acids is 1. The van der Waals surface area contributed by atoms with Crippen LogP contribution in [0.4, 0.5) is 23.4 Å². The highest BCUT2D eigenvalue weighted by molar-refractivity contribution is 7.99. The quantitative estimate of drug-likeness (QED) is 0.666. The predicted molar refractivity (Wildman–Crippen MR) is 80.6 cm³/mol. The van der Waals surface area contributed by atoms with Gasteiger partial charge in [-0.25, -0.2) is 13.7 Å². The highest BCUT2D eigenvalue weighted by Crippen LogP contribution is 2.33. The van der Waals surface area contributed by atoms with E-state index in [-0.39, 0.29) is 12.4 Å². The number of anilines is 1. The molecule has 1 aliphatic heterocycles. The van der Waals surface area contributed by atoms with E-state index in [1.54, 1.807) is 18.2 Å². The van der Waals surface area contributed by atoms with E-state index in [0.717, 1.165) is 6.07 Å². The first-order chi connectivity index (χ1) is 10.6. The summed E-state index contributed by atoms with van der Waals surface area (Å²) in [6, 6.07) is 3.31. The molecule has 2 rings (SSSR count). The van der Waals surface area contributed by atoms with Gasteiger partial charge in [-0.2, -0.15) is 13.2 Å². The number of halogens is 4. The topological polar surface area (TPSA) is 45.2 Å². The molecule has 0 unspecified atom stereocenters. The van der Waals surface area contributed by atoms with Crippen molar-refractivity contribution in [3.05, 3.63) is 23.9 Å². The van der Waals surface area contributed by atoms with Gasteiger partial charge in [-0.15, -0.1) is 0 Å². The third kappa shape index (κ3) is 4.81. The minimum absolute atomic E-state index is 0.164. The summed E-state index contributed by atoms with van der Waals surface area (Å²) in [5, 5.41) is 2.39. The average molecular weight is 351 g/mol. The molecule has 1 aromatic rings. The van der Waals surface area contributed by atoms with E-state index < -0.39 is 28.7 Å². The lowest BCUT2D eigenvalue weighted by molar-refractivity contribution is -0.141. The minimum Gasteiger partial charge on any atom is -0.309 e. The van der Waals surface area contributed by atoms with Gasteiger partial charge in [0.15, 0.2) is 0 Å². The number of pyridine rings is 1. The SMILES string of the molecule is CC(C)(SN1CC[C@@H](F)C1)C(=O)Nc1cccc(C(F)(F)F)n1. The number of alkyl halides is 4. The molecule has 1 atom stereocenters. The summed E-state index contributed by atoms with van der Waals surface area (Å²) in [4.78, 5) is 15.7. The van der Waals surface area contributed by atoms with Crippen LogP contribution in [-0.2, 0) is 11.0 Å². The summed E-state index contributed by atoms with van der Waals surface area (Å²) in [5.74, 6) is -0.653. The highest BCUT2D eigenvalue weighted by Gasteiger charge is 2.36. The molecule has 1 saturated heterocycles. The lowest BCUT2D eigenvalue weighted by Crippen LogP contribution is -2.37. The van der Waals surface area contributed by atoms with Crippen molar-refractivity contribution in [1.82, 2.24) is 9.29 Å². The predicted octanol–water partition coefficient (Wildman–Crippen LogP) is 3.51. The second-order valence-electron chi connectivity index (χ2n) is 5.74. The van der Waals surface area contributed by atoms with Crippen LogP contribution in [0.2, 0.25) is 0 Å². The molecule has 9 heteroatoms. The van der Waals surface area contributed by atoms with Crippen molar-refractivity contribution in [3.63, 3.8) is 0 Å². The normalized spacial score (nSPS) is 19.8. The number of hydrogen-bond acceptors (Lipinski definition) is 4. The molecule has 4 nitrogen and oxygen atoms in total. The first kappa shape index (κ1) is 18.0. The maximum absolute atomic E-state index is 13.2. The minimum atomic E-state index is -4.57. The van der Waals surface area contributed by atoms with Crippen LogP contribution in [0.25, 0.3) is 0 Å². The van der Waals surface area contributed by atoms with Crippen molar-refractivity contribution >= 4 is 23.7 Å². The third-order valence-electron chi connectivity index (χ3n) is 3.28. The summed E-state index contributed by atoms with van der Waals surface area (Å²) in [7, 11) is 0. The van der Waals surface area contributed by atoms with Crippen LogP contribution in [0.5, 0.6) is 0 Å². The Kier molecular flexibility index (Phi) is 5.20. The molecule has 0 radical (unpaired) electrons. The molecule has 1 fully saturated rings. The fraction of sp³-hybridized carbons (Fsp3) is 0.571. The van der Waals surface area contributed by atoms with Crippen LogP contribution < -0.4 is 5.32 Å². The van der Waals surface area contributed by atoms with Crippen molar-refractivity contribution in [1.29, 1.82) is 0 Å². The van der Waals surface area contributed by atoms with Crippen molar-refractivity contribution in [2.45, 2.75) is 37.4 Å². The Labute approximate surface area is 135 Å². The monoisotopic (exact) mass is 351 g/mol. The van der Waals surface area contributed by atoms with Crippen LogP contribution in [0.3, 0.4) is 0 Å². The molecule has 1 amide bonds. The highest BCUT2D eigenvalue weighted by atomic mass is 32.2. The fourth-order valence-electron chi connectivity index (χ4n) is 2.06. The van der Waals surface area contributed by atoms with Gasteiger partial charge >= 0.3 is 6.18 Å². The molecule has 0 bridgehead atoms. The second-order valence-corrected chi connectivity index (χ2v) is 7.46. The van der Waals surface area contributed by atoms with Gasteiger partial charge in [-0.3, -0.25) is 4.79 Å². The second kappa shape index (κ2) is 6.64. The van der Waals surface area contributed by atoms with Gasteiger partial charge in [0.1, 0.15) is 22.4 Å². The van der Waals surface area contributed by atoms with Gasteiger partial charge in [0.25, 0.3) is 0 Å². The molecule has 0 saturated carbocycles. The zero-order valence-electron chi connectivity index (χ0n) is 12.7. The van der Waals surface area contributed by atoms with Crippen molar-refractivity contribution < 1.29 is 22.4 Å². The van der Waals surface area contributed by atoms with E-state index >= 15 is 0 Å². The molecule has 2 heterocycles. The number of hydrogen-bond donors (Lipinski definition) is 1. The van der Waals surface area contributed by atoms with Crippen LogP contribution >= 0.6 is 11.9 Å². The van der Waals surface area contributed by atoms with Crippen LogP contribution in [0.15, 0.2) is 18.2 Å². The van der Waals surface area contributed by atoms with Crippen LogP contribution in [-0.4, -0.2) is 39.2 Å². The summed E-state index contributed by atoms with van der Waals surface area (Å²) in [5.41, 5.74) is -1.07. The lowest BCUT2D eigenvalue weighted by Gasteiger charge is -2.27. The van der Waals surface area contributed by atoms with Gasteiger partial charge in [-0.05, 0) is 32.4 Å². The van der Waals surface area contributed by atoms with Gasteiger partial charge in [0, 0.05) is 13.1 Å². The molecule has 1 N–H and O–H groups in total. The van der Waals surface area contributed by atoms with E-state index in [1.807, 2.05) is 0 Å². The smallest absolute Gasteiger partial charge is 0.309 e. The molecule has 0 spiro atoms. The number of rotatable bonds is 4. The molecule has 23 heavy (non-hydrogen) atoms. The Morgan fingerprint density at radius 2 is 2.09 bits per heavy atom. The van der Waals surface area contributed by atoms with E-state index in [2.05, 4.69) is 10.3 Å². The zero-order chi connectivity index (χ0) is 17.3. The van der Waals surface area contributed by atoms with E-state index in [0.29, 0.717) is 13.0 Å². The maximum atomic E-state index is 13.2. The van der Waals surface area contributed by atoms with Crippen molar-refractivity contribution in [2.75, 3.05) is 18.4 Å². The largest absolute Gasteiger partial charge is 0.433 e. The molecule has 0 aromatic carbocycles. The van der Waals surface area contributed by atoms with Crippen molar-refractivity contribution in [3.8, 4) is 0 Å².